The first-order chi connectivity index (χ1) is 13.8. The van der Waals surface area contributed by atoms with Gasteiger partial charge in [-0.2, -0.15) is 5.26 Å². The Kier molecular flexibility index (Phi) is 6.00. The number of carbonyl (C=O) groups excluding carboxylic acids is 1. The Morgan fingerprint density at radius 1 is 1.28 bits per heavy atom. The van der Waals surface area contributed by atoms with E-state index >= 15 is 0 Å². The third kappa shape index (κ3) is 5.01. The highest BCUT2D eigenvalue weighted by Crippen LogP contribution is 2.41. The van der Waals surface area contributed by atoms with Gasteiger partial charge in [-0.25, -0.2) is 0 Å². The van der Waals surface area contributed by atoms with Crippen molar-refractivity contribution in [2.24, 2.45) is 5.41 Å². The maximum absolute atomic E-state index is 12.4. The number of hydrogen-bond donors (Lipinski definition) is 2. The van der Waals surface area contributed by atoms with Crippen LogP contribution in [0.3, 0.4) is 0 Å². The van der Waals surface area contributed by atoms with Crippen molar-refractivity contribution in [3.63, 3.8) is 0 Å². The average Bonchev–Trinajstić information content (AvgIpc) is 3.06. The second-order valence-corrected chi connectivity index (χ2v) is 8.81. The molecule has 2 aromatic carbocycles. The van der Waals surface area contributed by atoms with Gasteiger partial charge in [0.05, 0.1) is 22.2 Å². The zero-order valence-corrected chi connectivity index (χ0v) is 17.5. The van der Waals surface area contributed by atoms with Crippen molar-refractivity contribution in [3.8, 4) is 11.8 Å². The number of para-hydroxylation sites is 1. The summed E-state index contributed by atoms with van der Waals surface area (Å²) in [7, 11) is 0. The van der Waals surface area contributed by atoms with Crippen molar-refractivity contribution < 1.29 is 9.90 Å². The van der Waals surface area contributed by atoms with Gasteiger partial charge >= 0.3 is 0 Å². The van der Waals surface area contributed by atoms with E-state index in [1.807, 2.05) is 45.2 Å². The molecule has 2 aromatic rings. The second-order valence-electron chi connectivity index (χ2n) is 7.54. The molecule has 1 aliphatic rings. The lowest BCUT2D eigenvalue weighted by Crippen LogP contribution is -2.33. The number of carbonyl (C=O) groups is 1. The predicted octanol–water partition coefficient (Wildman–Crippen LogP) is 4.98. The van der Waals surface area contributed by atoms with Crippen molar-refractivity contribution >= 4 is 23.4 Å². The monoisotopic (exact) mass is 405 g/mol. The van der Waals surface area contributed by atoms with Gasteiger partial charge < -0.3 is 15.3 Å². The summed E-state index contributed by atoms with van der Waals surface area (Å²) in [5.74, 6) is -0.336. The molecule has 0 bridgehead atoms. The van der Waals surface area contributed by atoms with Gasteiger partial charge in [0, 0.05) is 28.8 Å². The van der Waals surface area contributed by atoms with Crippen LogP contribution < -0.4 is 10.2 Å². The minimum absolute atomic E-state index is 0.0316. The summed E-state index contributed by atoms with van der Waals surface area (Å²) in [6.07, 6.45) is 4.17. The summed E-state index contributed by atoms with van der Waals surface area (Å²) < 4.78 is 0. The normalized spacial score (nSPS) is 15.2. The highest BCUT2D eigenvalue weighted by molar-refractivity contribution is 8.07. The van der Waals surface area contributed by atoms with Gasteiger partial charge in [-0.15, -0.1) is 0 Å². The van der Waals surface area contributed by atoms with Crippen LogP contribution in [0.5, 0.6) is 5.75 Å². The van der Waals surface area contributed by atoms with Gasteiger partial charge in [0.15, 0.2) is 0 Å². The molecule has 0 saturated carbocycles. The maximum atomic E-state index is 12.4. The lowest BCUT2D eigenvalue weighted by atomic mass is 9.93. The summed E-state index contributed by atoms with van der Waals surface area (Å²) in [6.45, 7) is 6.54. The molecular formula is C23H23N3O2S. The number of amides is 1. The van der Waals surface area contributed by atoms with Crippen molar-refractivity contribution in [2.75, 3.05) is 11.4 Å². The molecule has 3 rings (SSSR count). The maximum Gasteiger partial charge on any atom is 0.255 e. The van der Waals surface area contributed by atoms with Crippen LogP contribution in [0.15, 0.2) is 70.7 Å². The first-order valence-electron chi connectivity index (χ1n) is 9.24. The third-order valence-corrected chi connectivity index (χ3v) is 5.39. The summed E-state index contributed by atoms with van der Waals surface area (Å²) in [5.41, 5.74) is 1.47. The fraction of sp³-hybridized carbons (Fsp3) is 0.217. The molecule has 0 unspecified atom stereocenters. The zero-order valence-electron chi connectivity index (χ0n) is 16.6. The van der Waals surface area contributed by atoms with Crippen molar-refractivity contribution in [1.82, 2.24) is 5.32 Å². The van der Waals surface area contributed by atoms with Crippen LogP contribution in [0.25, 0.3) is 0 Å². The Labute approximate surface area is 175 Å². The number of benzene rings is 2. The largest absolute Gasteiger partial charge is 0.507 e. The molecule has 0 saturated heterocycles. The number of hydrogen-bond acceptors (Lipinski definition) is 5. The van der Waals surface area contributed by atoms with E-state index in [4.69, 9.17) is 0 Å². The highest BCUT2D eigenvalue weighted by Gasteiger charge is 2.24. The van der Waals surface area contributed by atoms with Crippen LogP contribution in [0.1, 0.15) is 36.7 Å². The zero-order chi connectivity index (χ0) is 21.0. The third-order valence-electron chi connectivity index (χ3n) is 4.43. The van der Waals surface area contributed by atoms with Gasteiger partial charge in [0.1, 0.15) is 5.75 Å². The minimum atomic E-state index is -0.327. The number of allylic oxidation sites excluding steroid dienone is 1. The lowest BCUT2D eigenvalue weighted by molar-refractivity contribution is 0.0940. The first-order valence-corrected chi connectivity index (χ1v) is 10.1. The molecule has 1 aliphatic heterocycles. The molecule has 148 valence electrons. The summed E-state index contributed by atoms with van der Waals surface area (Å²) in [5, 5.41) is 23.0. The molecule has 0 radical (unpaired) electrons. The Balaban J connectivity index is 1.77. The van der Waals surface area contributed by atoms with Crippen molar-refractivity contribution in [3.05, 3.63) is 81.9 Å². The van der Waals surface area contributed by atoms with Crippen LogP contribution in [-0.4, -0.2) is 17.6 Å². The topological polar surface area (TPSA) is 76.4 Å². The van der Waals surface area contributed by atoms with Crippen LogP contribution in [0.2, 0.25) is 0 Å². The molecule has 6 heteroatoms. The van der Waals surface area contributed by atoms with E-state index in [-0.39, 0.29) is 22.6 Å². The van der Waals surface area contributed by atoms with Crippen molar-refractivity contribution in [1.29, 1.82) is 5.26 Å². The second kappa shape index (κ2) is 8.46. The molecule has 1 amide bonds. The number of phenols is 1. The van der Waals surface area contributed by atoms with E-state index in [0.29, 0.717) is 12.1 Å². The molecule has 2 N–H and O–H groups in total. The van der Waals surface area contributed by atoms with Gasteiger partial charge in [-0.05, 0) is 43.3 Å². The summed E-state index contributed by atoms with van der Waals surface area (Å²) >= 11 is 1.65. The van der Waals surface area contributed by atoms with E-state index in [2.05, 4.69) is 22.4 Å². The van der Waals surface area contributed by atoms with E-state index in [9.17, 15) is 15.2 Å². The number of anilines is 1. The van der Waals surface area contributed by atoms with E-state index in [1.165, 1.54) is 6.07 Å². The number of rotatable bonds is 5. The quantitative estimate of drug-likeness (QED) is 0.734. The Morgan fingerprint density at radius 3 is 2.76 bits per heavy atom. The summed E-state index contributed by atoms with van der Waals surface area (Å²) in [4.78, 5) is 15.6. The Hall–Kier alpha value is -3.17. The molecule has 0 atom stereocenters. The standard InChI is InChI=1S/C23H23N3O2S/c1-16-14-26(18-8-6-7-17(11-18)13-24)21(29-16)12-23(2,3)15-25-22(28)19-9-4-5-10-20(19)27/h4-12,14,27H,15H2,1-3H3,(H,25,28). The van der Waals surface area contributed by atoms with Gasteiger partial charge in [0.2, 0.25) is 0 Å². The minimum Gasteiger partial charge on any atom is -0.507 e. The van der Waals surface area contributed by atoms with E-state index in [0.717, 1.165) is 15.6 Å². The number of nitrogens with one attached hydrogen (secondary N) is 1. The molecule has 0 aromatic heterocycles. The molecule has 0 aliphatic carbocycles. The molecule has 0 spiro atoms. The van der Waals surface area contributed by atoms with Gasteiger partial charge in [0.25, 0.3) is 5.91 Å². The van der Waals surface area contributed by atoms with E-state index < -0.39 is 0 Å². The lowest BCUT2D eigenvalue weighted by Gasteiger charge is -2.25. The molecule has 5 nitrogen and oxygen atoms in total. The molecular weight excluding hydrogens is 382 g/mol. The predicted molar refractivity (Wildman–Crippen MR) is 117 cm³/mol. The number of phenolic OH excluding ortho intramolecular Hbond substituents is 1. The fourth-order valence-electron chi connectivity index (χ4n) is 2.97. The highest BCUT2D eigenvalue weighted by atomic mass is 32.2. The van der Waals surface area contributed by atoms with Crippen LogP contribution in [0, 0.1) is 16.7 Å². The Bertz CT molecular complexity index is 1030. The summed E-state index contributed by atoms with van der Waals surface area (Å²) in [6, 6.07) is 16.2. The van der Waals surface area contributed by atoms with Gasteiger partial charge in [-0.1, -0.05) is 43.8 Å². The number of thioether (sulfide) groups is 1. The number of nitrogens with zero attached hydrogens (tertiary/aromatic N) is 2. The average molecular weight is 406 g/mol. The molecule has 0 fully saturated rings. The Morgan fingerprint density at radius 2 is 2.03 bits per heavy atom. The SMILES string of the molecule is CC1=CN(c2cccc(C#N)c2)C(=CC(C)(C)CNC(=O)c2ccccc2O)S1. The molecule has 29 heavy (non-hydrogen) atoms. The first kappa shape index (κ1) is 20.6. The number of aromatic hydroxyl groups is 1. The number of nitriles is 1. The molecule has 1 heterocycles. The van der Waals surface area contributed by atoms with Crippen LogP contribution in [0.4, 0.5) is 5.69 Å². The smallest absolute Gasteiger partial charge is 0.255 e. The van der Waals surface area contributed by atoms with Crippen molar-refractivity contribution in [2.45, 2.75) is 20.8 Å². The van der Waals surface area contributed by atoms with E-state index in [1.54, 1.807) is 36.0 Å². The van der Waals surface area contributed by atoms with Gasteiger partial charge in [-0.3, -0.25) is 4.79 Å². The fourth-order valence-corrected chi connectivity index (χ4v) is 4.09. The van der Waals surface area contributed by atoms with Crippen LogP contribution in [-0.2, 0) is 0 Å². The van der Waals surface area contributed by atoms with Crippen LogP contribution >= 0.6 is 11.8 Å².